The smallest absolute Gasteiger partial charge is 0.318 e. The van der Waals surface area contributed by atoms with Gasteiger partial charge in [0.1, 0.15) is 18.5 Å². The van der Waals surface area contributed by atoms with Crippen LogP contribution < -0.4 is 19.9 Å². The fourth-order valence-electron chi connectivity index (χ4n) is 11.0. The summed E-state index contributed by atoms with van der Waals surface area (Å²) >= 11 is 6.79. The summed E-state index contributed by atoms with van der Waals surface area (Å²) in [6.45, 7) is 8.29. The Morgan fingerprint density at radius 1 is 0.882 bits per heavy atom. The molecule has 0 saturated carbocycles. The molecule has 68 heavy (non-hydrogen) atoms. The number of ether oxygens (including phenoxy) is 1. The van der Waals surface area contributed by atoms with Gasteiger partial charge in [-0.15, -0.1) is 0 Å². The molecule has 1 unspecified atom stereocenters. The molecule has 0 radical (unpaired) electrons. The number of hydrogen-bond donors (Lipinski definition) is 1. The number of benzene rings is 3. The third kappa shape index (κ3) is 10.0. The van der Waals surface area contributed by atoms with Gasteiger partial charge in [0, 0.05) is 67.4 Å². The van der Waals surface area contributed by atoms with E-state index < -0.39 is 23.8 Å². The molecule has 16 heteroatoms. The molecule has 1 N–H and O–H groups in total. The molecule has 4 aromatic rings. The molecule has 0 bridgehead atoms. The van der Waals surface area contributed by atoms with Crippen molar-refractivity contribution in [2.75, 3.05) is 55.7 Å². The van der Waals surface area contributed by atoms with Crippen LogP contribution in [0.2, 0.25) is 5.02 Å². The number of unbranched alkanes of at least 4 members (excludes halogenated alkanes) is 5. The van der Waals surface area contributed by atoms with Crippen molar-refractivity contribution in [3.8, 4) is 12.1 Å². The van der Waals surface area contributed by atoms with E-state index in [1.54, 1.807) is 4.90 Å². The van der Waals surface area contributed by atoms with E-state index in [4.69, 9.17) is 26.3 Å². The molecule has 356 valence electrons. The number of nitriles is 1. The molecular weight excluding hydrogens is 885 g/mol. The summed E-state index contributed by atoms with van der Waals surface area (Å²) < 4.78 is 20.6. The number of carbonyl (C=O) groups is 4. The standard InChI is InChI=1S/C52H59ClFN9O5/c1-34(54)50(66)62-29-28-61(30-37(62)22-24-55)48-40-23-27-60(44-19-10-15-36-14-9-18-42(53)47(36)44)32-43(40)56-52(58-48)68-33-38-16-11-26-59(38)25-7-5-3-2-4-6-12-35-13-8-17-39-41(35)31-63(51(39)67)45-20-21-46(64)57-49(45)65/h8-10,13-15,17-19,37-38,45H,1-7,11-12,16,20-23,25-33H2,(H,57,64,65)/t37-,38-,45?/m0/s1. The molecule has 5 aliphatic heterocycles. The summed E-state index contributed by atoms with van der Waals surface area (Å²) in [5, 5.41) is 14.8. The zero-order chi connectivity index (χ0) is 47.3. The second-order valence-electron chi connectivity index (χ2n) is 18.8. The van der Waals surface area contributed by atoms with Crippen molar-refractivity contribution >= 4 is 57.5 Å². The van der Waals surface area contributed by atoms with E-state index in [1.165, 1.54) is 10.5 Å². The molecule has 0 aliphatic carbocycles. The summed E-state index contributed by atoms with van der Waals surface area (Å²) in [5.41, 5.74) is 5.75. The molecule has 3 saturated heterocycles. The van der Waals surface area contributed by atoms with Crippen LogP contribution in [0.25, 0.3) is 10.8 Å². The number of anilines is 2. The number of hydrogen-bond acceptors (Lipinski definition) is 11. The number of piperazine rings is 1. The highest BCUT2D eigenvalue weighted by Gasteiger charge is 2.40. The monoisotopic (exact) mass is 943 g/mol. The van der Waals surface area contributed by atoms with E-state index in [-0.39, 0.29) is 43.1 Å². The van der Waals surface area contributed by atoms with Crippen molar-refractivity contribution in [3.63, 3.8) is 0 Å². The highest BCUT2D eigenvalue weighted by atomic mass is 35.5. The fourth-order valence-corrected chi connectivity index (χ4v) is 11.3. The number of aromatic nitrogens is 2. The molecule has 1 aromatic heterocycles. The van der Waals surface area contributed by atoms with Gasteiger partial charge >= 0.3 is 6.01 Å². The average molecular weight is 945 g/mol. The summed E-state index contributed by atoms with van der Waals surface area (Å²) in [6, 6.07) is 19.6. The van der Waals surface area contributed by atoms with E-state index in [1.807, 2.05) is 30.3 Å². The molecule has 0 spiro atoms. The maximum atomic E-state index is 14.1. The minimum atomic E-state index is -1.03. The van der Waals surface area contributed by atoms with E-state index in [0.717, 1.165) is 110 Å². The molecule has 6 heterocycles. The lowest BCUT2D eigenvalue weighted by Crippen LogP contribution is -2.55. The first-order valence-corrected chi connectivity index (χ1v) is 24.7. The topological polar surface area (TPSA) is 155 Å². The van der Waals surface area contributed by atoms with Crippen LogP contribution in [0.15, 0.2) is 67.0 Å². The van der Waals surface area contributed by atoms with Crippen molar-refractivity contribution in [2.24, 2.45) is 0 Å². The minimum absolute atomic E-state index is 0.0507. The van der Waals surface area contributed by atoms with E-state index >= 15 is 0 Å². The van der Waals surface area contributed by atoms with Crippen molar-refractivity contribution in [1.82, 2.24) is 30.0 Å². The number of carbonyl (C=O) groups excluding carboxylic acids is 4. The fraction of sp³-hybridized carbons (Fsp3) is 0.481. The van der Waals surface area contributed by atoms with Crippen LogP contribution in [0, 0.1) is 11.3 Å². The Morgan fingerprint density at radius 3 is 2.49 bits per heavy atom. The summed E-state index contributed by atoms with van der Waals surface area (Å²) in [4.78, 5) is 70.3. The highest BCUT2D eigenvalue weighted by molar-refractivity contribution is 6.36. The summed E-state index contributed by atoms with van der Waals surface area (Å²) in [6.07, 6.45) is 11.0. The first-order chi connectivity index (χ1) is 33.1. The average Bonchev–Trinajstić information content (AvgIpc) is 3.94. The lowest BCUT2D eigenvalue weighted by Gasteiger charge is -2.42. The maximum Gasteiger partial charge on any atom is 0.318 e. The number of halogens is 2. The summed E-state index contributed by atoms with van der Waals surface area (Å²) in [5.74, 6) is -1.88. The number of aryl methyl sites for hydroxylation is 1. The predicted molar refractivity (Wildman–Crippen MR) is 258 cm³/mol. The lowest BCUT2D eigenvalue weighted by atomic mass is 9.98. The largest absolute Gasteiger partial charge is 0.462 e. The van der Waals surface area contributed by atoms with Gasteiger partial charge in [0.25, 0.3) is 11.8 Å². The molecular formula is C52H59ClFN9O5. The van der Waals surface area contributed by atoms with E-state index in [2.05, 4.69) is 56.9 Å². The Bertz CT molecular complexity index is 2630. The lowest BCUT2D eigenvalue weighted by molar-refractivity contribution is -0.137. The number of amides is 4. The second kappa shape index (κ2) is 21.0. The molecule has 4 amide bonds. The van der Waals surface area contributed by atoms with Crippen LogP contribution in [-0.4, -0.2) is 112 Å². The predicted octanol–water partition coefficient (Wildman–Crippen LogP) is 7.45. The van der Waals surface area contributed by atoms with Crippen molar-refractivity contribution < 1.29 is 28.3 Å². The number of rotatable bonds is 17. The maximum absolute atomic E-state index is 14.1. The first-order valence-electron chi connectivity index (χ1n) is 24.3. The number of imide groups is 1. The van der Waals surface area contributed by atoms with Gasteiger partial charge in [0.15, 0.2) is 5.83 Å². The van der Waals surface area contributed by atoms with E-state index in [9.17, 15) is 28.8 Å². The van der Waals surface area contributed by atoms with Gasteiger partial charge in [-0.1, -0.05) is 80.3 Å². The van der Waals surface area contributed by atoms with E-state index in [0.29, 0.717) is 68.8 Å². The molecule has 9 rings (SSSR count). The van der Waals surface area contributed by atoms with Crippen molar-refractivity contribution in [2.45, 2.75) is 115 Å². The van der Waals surface area contributed by atoms with Crippen LogP contribution in [0.4, 0.5) is 15.9 Å². The van der Waals surface area contributed by atoms with Crippen LogP contribution in [-0.2, 0) is 40.3 Å². The highest BCUT2D eigenvalue weighted by Crippen LogP contribution is 2.38. The summed E-state index contributed by atoms with van der Waals surface area (Å²) in [7, 11) is 0. The Labute approximate surface area is 402 Å². The minimum Gasteiger partial charge on any atom is -0.462 e. The Kier molecular flexibility index (Phi) is 14.5. The van der Waals surface area contributed by atoms with Crippen LogP contribution >= 0.6 is 11.6 Å². The SMILES string of the molecule is C=C(F)C(=O)N1CCN(c2nc(OC[C@@H]3CCCN3CCCCCCCCc3cccc4c3CN(C3CCC(=O)NC3=O)C4=O)nc3c2CCN(c2cccc4cccc(Cl)c24)C3)C[C@@H]1CC#N. The zero-order valence-electron chi connectivity index (χ0n) is 38.6. The molecule has 5 aliphatic rings. The number of nitrogens with zero attached hydrogens (tertiary/aromatic N) is 8. The van der Waals surface area contributed by atoms with Crippen LogP contribution in [0.1, 0.15) is 103 Å². The van der Waals surface area contributed by atoms with Crippen LogP contribution in [0.5, 0.6) is 6.01 Å². The number of likely N-dealkylation sites (tertiary alicyclic amines) is 1. The number of fused-ring (bicyclic) bond motifs is 3. The first kappa shape index (κ1) is 47.0. The van der Waals surface area contributed by atoms with Gasteiger partial charge < -0.3 is 24.3 Å². The van der Waals surface area contributed by atoms with Gasteiger partial charge in [-0.25, -0.2) is 4.39 Å². The van der Waals surface area contributed by atoms with Gasteiger partial charge in [0.05, 0.1) is 35.8 Å². The molecule has 3 aromatic carbocycles. The van der Waals surface area contributed by atoms with Gasteiger partial charge in [-0.2, -0.15) is 15.2 Å². The number of nitrogens with one attached hydrogen (secondary N) is 1. The third-order valence-electron chi connectivity index (χ3n) is 14.5. The molecule has 14 nitrogen and oxygen atoms in total. The van der Waals surface area contributed by atoms with Gasteiger partial charge in [0.2, 0.25) is 11.8 Å². The Morgan fingerprint density at radius 2 is 1.68 bits per heavy atom. The van der Waals surface area contributed by atoms with Gasteiger partial charge in [-0.05, 0) is 92.7 Å². The second-order valence-corrected chi connectivity index (χ2v) is 19.2. The Balaban J connectivity index is 0.797. The number of piperidine rings is 1. The van der Waals surface area contributed by atoms with Crippen molar-refractivity contribution in [3.05, 3.63) is 100.0 Å². The Hall–Kier alpha value is -6.11. The zero-order valence-corrected chi connectivity index (χ0v) is 39.3. The quantitative estimate of drug-likeness (QED) is 0.0638. The molecule has 3 fully saturated rings. The molecule has 3 atom stereocenters. The van der Waals surface area contributed by atoms with Gasteiger partial charge in [-0.3, -0.25) is 29.4 Å². The third-order valence-corrected chi connectivity index (χ3v) is 14.8. The van der Waals surface area contributed by atoms with Crippen molar-refractivity contribution in [1.29, 1.82) is 5.26 Å². The van der Waals surface area contributed by atoms with Crippen LogP contribution in [0.3, 0.4) is 0 Å². The normalized spacial score (nSPS) is 20.7.